The summed E-state index contributed by atoms with van der Waals surface area (Å²) in [5.74, 6) is 0.530. The lowest BCUT2D eigenvalue weighted by molar-refractivity contribution is 0.102. The van der Waals surface area contributed by atoms with Crippen molar-refractivity contribution >= 4 is 23.3 Å². The number of amides is 2. The van der Waals surface area contributed by atoms with Crippen LogP contribution in [-0.2, 0) is 0 Å². The van der Waals surface area contributed by atoms with Crippen LogP contribution in [0.3, 0.4) is 0 Å². The number of aromatic nitrogens is 2. The van der Waals surface area contributed by atoms with E-state index in [4.69, 9.17) is 16.3 Å². The molecule has 3 rings (SSSR count). The lowest BCUT2D eigenvalue weighted by Crippen LogP contribution is -2.46. The normalized spacial score (nSPS) is 17.6. The van der Waals surface area contributed by atoms with Gasteiger partial charge >= 0.3 is 6.03 Å². The molecule has 1 saturated heterocycles. The molecule has 1 aromatic heterocycles. The highest BCUT2D eigenvalue weighted by Gasteiger charge is 2.25. The number of nitrogens with one attached hydrogen (secondary N) is 1. The summed E-state index contributed by atoms with van der Waals surface area (Å²) in [5.41, 5.74) is 0.682. The number of piperidine rings is 1. The van der Waals surface area contributed by atoms with Gasteiger partial charge in [-0.3, -0.25) is 0 Å². The minimum absolute atomic E-state index is 0.0660. The molecule has 1 atom stereocenters. The number of rotatable bonds is 3. The molecule has 1 N–H and O–H groups in total. The van der Waals surface area contributed by atoms with E-state index in [0.717, 1.165) is 12.8 Å². The first-order valence-corrected chi connectivity index (χ1v) is 7.83. The second-order valence-corrected chi connectivity index (χ2v) is 5.75. The summed E-state index contributed by atoms with van der Waals surface area (Å²) in [6.45, 7) is 1.23. The van der Waals surface area contributed by atoms with E-state index in [9.17, 15) is 4.79 Å². The van der Waals surface area contributed by atoms with Gasteiger partial charge in [0.05, 0.1) is 6.54 Å². The molecule has 1 fully saturated rings. The number of carbonyl (C=O) groups is 1. The average Bonchev–Trinajstić information content (AvgIpc) is 2.56. The van der Waals surface area contributed by atoms with Crippen molar-refractivity contribution in [2.24, 2.45) is 0 Å². The van der Waals surface area contributed by atoms with Gasteiger partial charge in [-0.2, -0.15) is 0 Å². The molecule has 1 aliphatic rings. The quantitative estimate of drug-likeness (QED) is 0.937. The highest BCUT2D eigenvalue weighted by molar-refractivity contribution is 6.30. The molecule has 2 heterocycles. The SMILES string of the molecule is O=C(Nc1cccc(Cl)c1)N1CCCC(Oc2ccncn2)C1. The second-order valence-electron chi connectivity index (χ2n) is 5.32. The van der Waals surface area contributed by atoms with Crippen LogP contribution in [0.15, 0.2) is 42.9 Å². The number of anilines is 1. The highest BCUT2D eigenvalue weighted by atomic mass is 35.5. The fourth-order valence-electron chi connectivity index (χ4n) is 2.51. The average molecular weight is 333 g/mol. The maximum Gasteiger partial charge on any atom is 0.321 e. The number of hydrogen-bond acceptors (Lipinski definition) is 4. The minimum Gasteiger partial charge on any atom is -0.472 e. The summed E-state index contributed by atoms with van der Waals surface area (Å²) in [6.07, 6.45) is 4.80. The van der Waals surface area contributed by atoms with Crippen LogP contribution >= 0.6 is 11.6 Å². The molecular formula is C16H17ClN4O2. The van der Waals surface area contributed by atoms with Crippen molar-refractivity contribution < 1.29 is 9.53 Å². The molecule has 2 aromatic rings. The monoisotopic (exact) mass is 332 g/mol. The lowest BCUT2D eigenvalue weighted by Gasteiger charge is -2.32. The molecule has 7 heteroatoms. The van der Waals surface area contributed by atoms with Crippen LogP contribution in [0, 0.1) is 0 Å². The van der Waals surface area contributed by atoms with E-state index >= 15 is 0 Å². The minimum atomic E-state index is -0.150. The Morgan fingerprint density at radius 3 is 3.09 bits per heavy atom. The molecular weight excluding hydrogens is 316 g/mol. The third-order valence-electron chi connectivity index (χ3n) is 3.58. The fourth-order valence-corrected chi connectivity index (χ4v) is 2.70. The molecule has 2 amide bonds. The number of hydrogen-bond donors (Lipinski definition) is 1. The predicted octanol–water partition coefficient (Wildman–Crippen LogP) is 3.21. The molecule has 1 aromatic carbocycles. The Morgan fingerprint density at radius 1 is 1.39 bits per heavy atom. The molecule has 0 saturated carbocycles. The number of benzene rings is 1. The molecule has 1 unspecified atom stereocenters. The Kier molecular flexibility index (Phi) is 4.92. The van der Waals surface area contributed by atoms with Crippen LogP contribution in [-0.4, -0.2) is 40.1 Å². The van der Waals surface area contributed by atoms with Crippen molar-refractivity contribution in [1.82, 2.24) is 14.9 Å². The molecule has 6 nitrogen and oxygen atoms in total. The third kappa shape index (κ3) is 4.32. The molecule has 0 bridgehead atoms. The highest BCUT2D eigenvalue weighted by Crippen LogP contribution is 2.19. The van der Waals surface area contributed by atoms with E-state index in [1.807, 2.05) is 6.07 Å². The summed E-state index contributed by atoms with van der Waals surface area (Å²) < 4.78 is 5.81. The van der Waals surface area contributed by atoms with Gasteiger partial charge in [0.2, 0.25) is 5.88 Å². The topological polar surface area (TPSA) is 67.4 Å². The standard InChI is InChI=1S/C16H17ClN4O2/c17-12-3-1-4-13(9-12)20-16(22)21-8-2-5-14(10-21)23-15-6-7-18-11-19-15/h1,3-4,6-7,9,11,14H,2,5,8,10H2,(H,20,22). The summed E-state index contributed by atoms with van der Waals surface area (Å²) in [4.78, 5) is 22.0. The van der Waals surface area contributed by atoms with Crippen LogP contribution in [0.2, 0.25) is 5.02 Å². The molecule has 0 aliphatic carbocycles. The van der Waals surface area contributed by atoms with Crippen molar-refractivity contribution in [1.29, 1.82) is 0 Å². The Hall–Kier alpha value is -2.34. The van der Waals surface area contributed by atoms with Gasteiger partial charge in [-0.05, 0) is 31.0 Å². The molecule has 0 radical (unpaired) electrons. The second kappa shape index (κ2) is 7.28. The van der Waals surface area contributed by atoms with Crippen molar-refractivity contribution in [3.8, 4) is 5.88 Å². The number of carbonyl (C=O) groups excluding carboxylic acids is 1. The summed E-state index contributed by atoms with van der Waals surface area (Å²) in [5, 5.41) is 3.45. The number of nitrogens with zero attached hydrogens (tertiary/aromatic N) is 3. The Labute approximate surface area is 139 Å². The third-order valence-corrected chi connectivity index (χ3v) is 3.82. The van der Waals surface area contributed by atoms with Crippen molar-refractivity contribution in [3.63, 3.8) is 0 Å². The van der Waals surface area contributed by atoms with Gasteiger partial charge < -0.3 is 15.0 Å². The fraction of sp³-hybridized carbons (Fsp3) is 0.312. The van der Waals surface area contributed by atoms with E-state index in [2.05, 4.69) is 15.3 Å². The molecule has 1 aliphatic heterocycles. The Bertz CT molecular complexity index is 668. The van der Waals surface area contributed by atoms with Gasteiger partial charge in [-0.25, -0.2) is 14.8 Å². The lowest BCUT2D eigenvalue weighted by atomic mass is 10.1. The number of ether oxygens (including phenoxy) is 1. The first-order valence-electron chi connectivity index (χ1n) is 7.45. The number of urea groups is 1. The molecule has 23 heavy (non-hydrogen) atoms. The zero-order chi connectivity index (χ0) is 16.1. The van der Waals surface area contributed by atoms with E-state index in [1.54, 1.807) is 35.4 Å². The van der Waals surface area contributed by atoms with Crippen molar-refractivity contribution in [2.75, 3.05) is 18.4 Å². The number of likely N-dealkylation sites (tertiary alicyclic amines) is 1. The first-order chi connectivity index (χ1) is 11.2. The van der Waals surface area contributed by atoms with E-state index in [1.165, 1.54) is 6.33 Å². The van der Waals surface area contributed by atoms with Gasteiger partial charge in [0.15, 0.2) is 0 Å². The maximum absolute atomic E-state index is 12.4. The maximum atomic E-state index is 12.4. The van der Waals surface area contributed by atoms with Gasteiger partial charge in [-0.15, -0.1) is 0 Å². The van der Waals surface area contributed by atoms with Crippen LogP contribution < -0.4 is 10.1 Å². The summed E-state index contributed by atoms with van der Waals surface area (Å²) in [7, 11) is 0. The zero-order valence-corrected chi connectivity index (χ0v) is 13.2. The van der Waals surface area contributed by atoms with E-state index in [0.29, 0.717) is 29.7 Å². The van der Waals surface area contributed by atoms with Crippen LogP contribution in [0.5, 0.6) is 5.88 Å². The Balaban J connectivity index is 1.58. The van der Waals surface area contributed by atoms with E-state index < -0.39 is 0 Å². The molecule has 0 spiro atoms. The van der Waals surface area contributed by atoms with Crippen molar-refractivity contribution in [2.45, 2.75) is 18.9 Å². The van der Waals surface area contributed by atoms with Gasteiger partial charge in [0.25, 0.3) is 0 Å². The van der Waals surface area contributed by atoms with Gasteiger partial charge in [-0.1, -0.05) is 17.7 Å². The zero-order valence-electron chi connectivity index (χ0n) is 12.5. The largest absolute Gasteiger partial charge is 0.472 e. The van der Waals surface area contributed by atoms with Gasteiger partial charge in [0, 0.05) is 29.5 Å². The van der Waals surface area contributed by atoms with E-state index in [-0.39, 0.29) is 12.1 Å². The number of halogens is 1. The van der Waals surface area contributed by atoms with Crippen LogP contribution in [0.25, 0.3) is 0 Å². The van der Waals surface area contributed by atoms with Crippen LogP contribution in [0.4, 0.5) is 10.5 Å². The first kappa shape index (κ1) is 15.6. The van der Waals surface area contributed by atoms with Gasteiger partial charge in [0.1, 0.15) is 12.4 Å². The summed E-state index contributed by atoms with van der Waals surface area (Å²) in [6, 6.07) is 8.66. The Morgan fingerprint density at radius 2 is 2.30 bits per heavy atom. The van der Waals surface area contributed by atoms with Crippen molar-refractivity contribution in [3.05, 3.63) is 47.9 Å². The smallest absolute Gasteiger partial charge is 0.321 e. The van der Waals surface area contributed by atoms with Crippen LogP contribution in [0.1, 0.15) is 12.8 Å². The molecule has 120 valence electrons. The summed E-state index contributed by atoms with van der Waals surface area (Å²) >= 11 is 5.93. The predicted molar refractivity (Wildman–Crippen MR) is 87.7 cm³/mol.